The molecule has 104 valence electrons. The molecule has 2 aromatic carbocycles. The number of ketones is 1. The highest BCUT2D eigenvalue weighted by Gasteiger charge is 2.24. The minimum Gasteiger partial charge on any atom is -0.294 e. The molecule has 0 aliphatic carbocycles. The molecular formula is C16H16O3S. The number of carbonyl (C=O) groups is 1. The van der Waals surface area contributed by atoms with E-state index >= 15 is 0 Å². The van der Waals surface area contributed by atoms with Gasteiger partial charge in [-0.05, 0) is 18.2 Å². The zero-order chi connectivity index (χ0) is 14.8. The third-order valence-corrected chi connectivity index (χ3v) is 4.85. The summed E-state index contributed by atoms with van der Waals surface area (Å²) in [4.78, 5) is 12.5. The molecule has 2 rings (SSSR count). The molecule has 0 N–H and O–H groups in total. The lowest BCUT2D eigenvalue weighted by atomic mass is 10.0. The maximum absolute atomic E-state index is 12.6. The zero-order valence-electron chi connectivity index (χ0n) is 11.4. The number of rotatable bonds is 4. The van der Waals surface area contributed by atoms with E-state index in [4.69, 9.17) is 0 Å². The molecule has 0 spiro atoms. The number of benzene rings is 2. The molecule has 0 aromatic heterocycles. The van der Waals surface area contributed by atoms with Gasteiger partial charge in [0.25, 0.3) is 0 Å². The van der Waals surface area contributed by atoms with Crippen LogP contribution in [0, 0.1) is 5.92 Å². The molecule has 0 atom stereocenters. The highest BCUT2D eigenvalue weighted by molar-refractivity contribution is 7.91. The molecular weight excluding hydrogens is 272 g/mol. The lowest BCUT2D eigenvalue weighted by Gasteiger charge is -2.11. The maximum atomic E-state index is 12.6. The van der Waals surface area contributed by atoms with Crippen molar-refractivity contribution in [2.24, 2.45) is 5.92 Å². The van der Waals surface area contributed by atoms with Crippen molar-refractivity contribution in [2.45, 2.75) is 23.6 Å². The average Bonchev–Trinajstić information content (AvgIpc) is 2.47. The summed E-state index contributed by atoms with van der Waals surface area (Å²) in [6.07, 6.45) is 0. The van der Waals surface area contributed by atoms with E-state index in [9.17, 15) is 13.2 Å². The van der Waals surface area contributed by atoms with Gasteiger partial charge in [-0.15, -0.1) is 0 Å². The van der Waals surface area contributed by atoms with Crippen molar-refractivity contribution in [1.29, 1.82) is 0 Å². The maximum Gasteiger partial charge on any atom is 0.207 e. The largest absolute Gasteiger partial charge is 0.294 e. The molecule has 0 amide bonds. The minimum absolute atomic E-state index is 0.0740. The van der Waals surface area contributed by atoms with Crippen LogP contribution >= 0.6 is 0 Å². The number of carbonyl (C=O) groups excluding carboxylic acids is 1. The van der Waals surface area contributed by atoms with Gasteiger partial charge in [0.15, 0.2) is 5.78 Å². The number of sulfone groups is 1. The second-order valence-corrected chi connectivity index (χ2v) is 6.75. The number of hydrogen-bond donors (Lipinski definition) is 0. The Kier molecular flexibility index (Phi) is 4.04. The smallest absolute Gasteiger partial charge is 0.207 e. The van der Waals surface area contributed by atoms with Gasteiger partial charge >= 0.3 is 0 Å². The van der Waals surface area contributed by atoms with E-state index in [1.54, 1.807) is 50.2 Å². The van der Waals surface area contributed by atoms with Crippen molar-refractivity contribution in [3.05, 3.63) is 60.2 Å². The summed E-state index contributed by atoms with van der Waals surface area (Å²) >= 11 is 0. The Hall–Kier alpha value is -1.94. The predicted octanol–water partition coefficient (Wildman–Crippen LogP) is 3.36. The van der Waals surface area contributed by atoms with Gasteiger partial charge in [-0.1, -0.05) is 50.2 Å². The van der Waals surface area contributed by atoms with Crippen molar-refractivity contribution < 1.29 is 13.2 Å². The van der Waals surface area contributed by atoms with Gasteiger partial charge in [0.2, 0.25) is 9.84 Å². The molecule has 0 bridgehead atoms. The van der Waals surface area contributed by atoms with E-state index in [0.717, 1.165) is 0 Å². The molecule has 20 heavy (non-hydrogen) atoms. The van der Waals surface area contributed by atoms with E-state index < -0.39 is 9.84 Å². The first-order valence-corrected chi connectivity index (χ1v) is 7.86. The third kappa shape index (κ3) is 2.65. The van der Waals surface area contributed by atoms with Crippen LogP contribution in [0.25, 0.3) is 0 Å². The number of Topliss-reactive ketones (excluding diaryl/α,β-unsaturated/α-hetero) is 1. The van der Waals surface area contributed by atoms with Crippen LogP contribution in [0.15, 0.2) is 64.4 Å². The molecule has 0 saturated heterocycles. The first-order valence-electron chi connectivity index (χ1n) is 6.38. The van der Waals surface area contributed by atoms with Gasteiger partial charge in [-0.3, -0.25) is 4.79 Å². The minimum atomic E-state index is -3.67. The summed E-state index contributed by atoms with van der Waals surface area (Å²) in [7, 11) is -3.67. The van der Waals surface area contributed by atoms with E-state index in [0.29, 0.717) is 0 Å². The normalized spacial score (nSPS) is 11.6. The fraction of sp³-hybridized carbons (Fsp3) is 0.188. The van der Waals surface area contributed by atoms with Gasteiger partial charge in [0.05, 0.1) is 9.79 Å². The van der Waals surface area contributed by atoms with Gasteiger partial charge in [-0.2, -0.15) is 0 Å². The molecule has 0 aliphatic rings. The lowest BCUT2D eigenvalue weighted by Crippen LogP contribution is -2.13. The van der Waals surface area contributed by atoms with Crippen LogP contribution < -0.4 is 0 Å². The summed E-state index contributed by atoms with van der Waals surface area (Å²) in [5.41, 5.74) is 0.256. The summed E-state index contributed by atoms with van der Waals surface area (Å²) in [6, 6.07) is 14.5. The summed E-state index contributed by atoms with van der Waals surface area (Å²) < 4.78 is 25.3. The molecule has 0 aliphatic heterocycles. The van der Waals surface area contributed by atoms with Crippen LogP contribution in [0.3, 0.4) is 0 Å². The second-order valence-electron chi connectivity index (χ2n) is 4.83. The molecule has 0 fully saturated rings. The average molecular weight is 288 g/mol. The van der Waals surface area contributed by atoms with E-state index in [1.165, 1.54) is 18.2 Å². The Morgan fingerprint density at radius 1 is 0.900 bits per heavy atom. The molecule has 0 radical (unpaired) electrons. The van der Waals surface area contributed by atoms with E-state index in [2.05, 4.69) is 0 Å². The van der Waals surface area contributed by atoms with Gasteiger partial charge in [0.1, 0.15) is 0 Å². The lowest BCUT2D eigenvalue weighted by molar-refractivity contribution is 0.0936. The van der Waals surface area contributed by atoms with Crippen LogP contribution in [-0.4, -0.2) is 14.2 Å². The fourth-order valence-electron chi connectivity index (χ4n) is 1.94. The monoisotopic (exact) mass is 288 g/mol. The quantitative estimate of drug-likeness (QED) is 0.811. The molecule has 0 saturated carbocycles. The highest BCUT2D eigenvalue weighted by Crippen LogP contribution is 2.25. The topological polar surface area (TPSA) is 51.2 Å². The van der Waals surface area contributed by atoms with Crippen molar-refractivity contribution in [1.82, 2.24) is 0 Å². The molecule has 0 heterocycles. The van der Waals surface area contributed by atoms with Gasteiger partial charge in [-0.25, -0.2) is 8.42 Å². The first kappa shape index (κ1) is 14.5. The van der Waals surface area contributed by atoms with Crippen molar-refractivity contribution in [3.63, 3.8) is 0 Å². The van der Waals surface area contributed by atoms with E-state index in [-0.39, 0.29) is 27.1 Å². The van der Waals surface area contributed by atoms with Crippen molar-refractivity contribution in [2.75, 3.05) is 0 Å². The first-order chi connectivity index (χ1) is 9.44. The molecule has 3 nitrogen and oxygen atoms in total. The SMILES string of the molecule is CC(C)C(=O)c1ccccc1S(=O)(=O)c1ccccc1. The van der Waals surface area contributed by atoms with Gasteiger partial charge < -0.3 is 0 Å². The fourth-order valence-corrected chi connectivity index (χ4v) is 3.43. The Bertz CT molecular complexity index is 716. The molecule has 4 heteroatoms. The summed E-state index contributed by atoms with van der Waals surface area (Å²) in [5, 5.41) is 0. The summed E-state index contributed by atoms with van der Waals surface area (Å²) in [5.74, 6) is -0.415. The van der Waals surface area contributed by atoms with Crippen LogP contribution in [0.5, 0.6) is 0 Å². The molecule has 2 aromatic rings. The Labute approximate surface area is 119 Å². The summed E-state index contributed by atoms with van der Waals surface area (Å²) in [6.45, 7) is 3.52. The van der Waals surface area contributed by atoms with Crippen molar-refractivity contribution >= 4 is 15.6 Å². The third-order valence-electron chi connectivity index (χ3n) is 3.02. The van der Waals surface area contributed by atoms with Crippen LogP contribution in [-0.2, 0) is 9.84 Å². The van der Waals surface area contributed by atoms with Crippen LogP contribution in [0.1, 0.15) is 24.2 Å². The molecule has 0 unspecified atom stereocenters. The zero-order valence-corrected chi connectivity index (χ0v) is 12.2. The van der Waals surface area contributed by atoms with Crippen LogP contribution in [0.2, 0.25) is 0 Å². The standard InChI is InChI=1S/C16H16O3S/c1-12(2)16(17)14-10-6-7-11-15(14)20(18,19)13-8-4-3-5-9-13/h3-12H,1-2H3. The second kappa shape index (κ2) is 5.59. The Morgan fingerprint density at radius 2 is 1.45 bits per heavy atom. The number of hydrogen-bond acceptors (Lipinski definition) is 3. The van der Waals surface area contributed by atoms with Crippen molar-refractivity contribution in [3.8, 4) is 0 Å². The predicted molar refractivity (Wildman–Crippen MR) is 77.5 cm³/mol. The van der Waals surface area contributed by atoms with E-state index in [1.807, 2.05) is 0 Å². The van der Waals surface area contributed by atoms with Crippen LogP contribution in [0.4, 0.5) is 0 Å². The highest BCUT2D eigenvalue weighted by atomic mass is 32.2. The Balaban J connectivity index is 2.62. The van der Waals surface area contributed by atoms with Gasteiger partial charge in [0, 0.05) is 11.5 Å². The Morgan fingerprint density at radius 3 is 2.05 bits per heavy atom.